The van der Waals surface area contributed by atoms with Crippen molar-refractivity contribution in [1.29, 1.82) is 0 Å². The van der Waals surface area contributed by atoms with Crippen LogP contribution in [0.2, 0.25) is 0 Å². The van der Waals surface area contributed by atoms with E-state index in [1.54, 1.807) is 0 Å². The molecule has 1 amide bonds. The molecular formula is C16H25ClN2O2. The summed E-state index contributed by atoms with van der Waals surface area (Å²) < 4.78 is 5.73. The Morgan fingerprint density at radius 3 is 2.67 bits per heavy atom. The van der Waals surface area contributed by atoms with Gasteiger partial charge in [-0.2, -0.15) is 0 Å². The number of rotatable bonds is 4. The molecule has 118 valence electrons. The number of halogens is 1. The second-order valence-electron chi connectivity index (χ2n) is 5.41. The molecule has 0 spiro atoms. The first-order valence-corrected chi connectivity index (χ1v) is 7.40. The molecule has 0 saturated carbocycles. The Labute approximate surface area is 133 Å². The molecule has 0 bridgehead atoms. The molecule has 1 aromatic rings. The number of carbonyl (C=O) groups is 1. The van der Waals surface area contributed by atoms with Crippen molar-refractivity contribution in [3.05, 3.63) is 29.8 Å². The molecule has 4 nitrogen and oxygen atoms in total. The van der Waals surface area contributed by atoms with E-state index in [1.807, 2.05) is 36.1 Å². The van der Waals surface area contributed by atoms with Crippen LogP contribution in [0.4, 0.5) is 0 Å². The van der Waals surface area contributed by atoms with E-state index in [4.69, 9.17) is 4.74 Å². The van der Waals surface area contributed by atoms with Crippen molar-refractivity contribution in [3.8, 4) is 5.75 Å². The maximum atomic E-state index is 12.5. The highest BCUT2D eigenvalue weighted by atomic mass is 35.5. The van der Waals surface area contributed by atoms with Crippen LogP contribution in [0.15, 0.2) is 24.3 Å². The smallest absolute Gasteiger partial charge is 0.254 e. The van der Waals surface area contributed by atoms with Crippen LogP contribution in [0, 0.1) is 0 Å². The van der Waals surface area contributed by atoms with Crippen LogP contribution in [-0.2, 0) is 0 Å². The molecule has 5 heteroatoms. The Hall–Kier alpha value is -1.26. The van der Waals surface area contributed by atoms with Gasteiger partial charge in [-0.25, -0.2) is 0 Å². The van der Waals surface area contributed by atoms with Gasteiger partial charge in [0.2, 0.25) is 0 Å². The van der Waals surface area contributed by atoms with E-state index in [9.17, 15) is 4.79 Å². The molecule has 0 aromatic heterocycles. The van der Waals surface area contributed by atoms with Crippen molar-refractivity contribution in [2.24, 2.45) is 0 Å². The largest absolute Gasteiger partial charge is 0.491 e. The minimum absolute atomic E-state index is 0. The molecule has 1 aliphatic rings. The van der Waals surface area contributed by atoms with Gasteiger partial charge in [-0.05, 0) is 44.5 Å². The number of nitrogens with zero attached hydrogens (tertiary/aromatic N) is 1. The number of amides is 1. The molecule has 1 fully saturated rings. The van der Waals surface area contributed by atoms with Gasteiger partial charge in [0.05, 0.1) is 6.10 Å². The topological polar surface area (TPSA) is 41.6 Å². The van der Waals surface area contributed by atoms with Crippen molar-refractivity contribution in [1.82, 2.24) is 10.2 Å². The summed E-state index contributed by atoms with van der Waals surface area (Å²) in [6, 6.07) is 7.72. The zero-order valence-electron chi connectivity index (χ0n) is 13.0. The van der Waals surface area contributed by atoms with Crippen LogP contribution >= 0.6 is 12.4 Å². The van der Waals surface area contributed by atoms with E-state index in [-0.39, 0.29) is 30.5 Å². The van der Waals surface area contributed by atoms with Crippen molar-refractivity contribution >= 4 is 18.3 Å². The average molecular weight is 313 g/mol. The lowest BCUT2D eigenvalue weighted by molar-refractivity contribution is 0.0655. The summed E-state index contributed by atoms with van der Waals surface area (Å²) in [5.74, 6) is 0.929. The van der Waals surface area contributed by atoms with Gasteiger partial charge in [0.15, 0.2) is 0 Å². The van der Waals surface area contributed by atoms with Crippen LogP contribution in [0.1, 0.15) is 37.6 Å². The van der Waals surface area contributed by atoms with Gasteiger partial charge < -0.3 is 15.0 Å². The van der Waals surface area contributed by atoms with E-state index < -0.39 is 0 Å². The molecule has 0 aliphatic carbocycles. The van der Waals surface area contributed by atoms with E-state index in [0.29, 0.717) is 0 Å². The van der Waals surface area contributed by atoms with Gasteiger partial charge in [-0.3, -0.25) is 4.79 Å². The molecule has 2 atom stereocenters. The van der Waals surface area contributed by atoms with Gasteiger partial charge in [-0.1, -0.05) is 6.92 Å². The van der Waals surface area contributed by atoms with E-state index in [1.165, 1.54) is 0 Å². The SMILES string of the molecule is CCC(C)Oc1ccc(C(=O)N2CCNCC2C)cc1.Cl. The van der Waals surface area contributed by atoms with Crippen molar-refractivity contribution in [3.63, 3.8) is 0 Å². The summed E-state index contributed by atoms with van der Waals surface area (Å²) in [5.41, 5.74) is 0.732. The first kappa shape index (κ1) is 17.8. The fourth-order valence-corrected chi connectivity index (χ4v) is 2.30. The number of benzene rings is 1. The third-order valence-corrected chi connectivity index (χ3v) is 3.78. The summed E-state index contributed by atoms with van der Waals surface area (Å²) in [6.07, 6.45) is 1.17. The number of hydrogen-bond acceptors (Lipinski definition) is 3. The molecule has 0 radical (unpaired) electrons. The highest BCUT2D eigenvalue weighted by molar-refractivity contribution is 5.94. The molecule has 1 aliphatic heterocycles. The van der Waals surface area contributed by atoms with E-state index >= 15 is 0 Å². The van der Waals surface area contributed by atoms with Crippen LogP contribution in [0.3, 0.4) is 0 Å². The fourth-order valence-electron chi connectivity index (χ4n) is 2.30. The van der Waals surface area contributed by atoms with Gasteiger partial charge in [0.1, 0.15) is 5.75 Å². The third-order valence-electron chi connectivity index (χ3n) is 3.78. The Morgan fingerprint density at radius 2 is 2.10 bits per heavy atom. The first-order chi connectivity index (χ1) is 9.61. The number of ether oxygens (including phenoxy) is 1. The Kier molecular flexibility index (Phi) is 6.99. The Morgan fingerprint density at radius 1 is 1.43 bits per heavy atom. The van der Waals surface area contributed by atoms with Crippen molar-refractivity contribution in [2.75, 3.05) is 19.6 Å². The molecular weight excluding hydrogens is 288 g/mol. The van der Waals surface area contributed by atoms with Crippen LogP contribution in [0.25, 0.3) is 0 Å². The minimum atomic E-state index is 0. The normalized spacial score (nSPS) is 19.6. The monoisotopic (exact) mass is 312 g/mol. The van der Waals surface area contributed by atoms with Gasteiger partial charge in [0, 0.05) is 31.2 Å². The summed E-state index contributed by atoms with van der Waals surface area (Å²) in [4.78, 5) is 14.4. The second kappa shape index (κ2) is 8.25. The number of carbonyl (C=O) groups excluding carboxylic acids is 1. The Bertz CT molecular complexity index is 450. The van der Waals surface area contributed by atoms with Gasteiger partial charge in [-0.15, -0.1) is 12.4 Å². The lowest BCUT2D eigenvalue weighted by Gasteiger charge is -2.34. The van der Waals surface area contributed by atoms with E-state index in [0.717, 1.165) is 37.4 Å². The zero-order chi connectivity index (χ0) is 14.5. The molecule has 21 heavy (non-hydrogen) atoms. The molecule has 1 aromatic carbocycles. The maximum Gasteiger partial charge on any atom is 0.254 e. The standard InChI is InChI=1S/C16H24N2O2.ClH/c1-4-13(3)20-15-7-5-14(6-8-15)16(19)18-10-9-17-11-12(18)2;/h5-8,12-13,17H,4,9-11H2,1-3H3;1H. The molecule has 1 N–H and O–H groups in total. The lowest BCUT2D eigenvalue weighted by Crippen LogP contribution is -2.52. The predicted molar refractivity (Wildman–Crippen MR) is 87.4 cm³/mol. The number of nitrogens with one attached hydrogen (secondary N) is 1. The van der Waals surface area contributed by atoms with Gasteiger partial charge >= 0.3 is 0 Å². The predicted octanol–water partition coefficient (Wildman–Crippen LogP) is 2.72. The van der Waals surface area contributed by atoms with Crippen molar-refractivity contribution < 1.29 is 9.53 Å². The van der Waals surface area contributed by atoms with Crippen molar-refractivity contribution in [2.45, 2.75) is 39.3 Å². The number of hydrogen-bond donors (Lipinski definition) is 1. The number of piperazine rings is 1. The molecule has 2 rings (SSSR count). The summed E-state index contributed by atoms with van der Waals surface area (Å²) in [7, 11) is 0. The Balaban J connectivity index is 0.00000220. The summed E-state index contributed by atoms with van der Waals surface area (Å²) in [6.45, 7) is 8.71. The summed E-state index contributed by atoms with van der Waals surface area (Å²) in [5, 5.41) is 3.29. The average Bonchev–Trinajstić information content (AvgIpc) is 2.47. The lowest BCUT2D eigenvalue weighted by atomic mass is 10.1. The van der Waals surface area contributed by atoms with Crippen LogP contribution in [0.5, 0.6) is 5.75 Å². The minimum Gasteiger partial charge on any atom is -0.491 e. The second-order valence-corrected chi connectivity index (χ2v) is 5.41. The molecule has 1 saturated heterocycles. The fraction of sp³-hybridized carbons (Fsp3) is 0.562. The highest BCUT2D eigenvalue weighted by Gasteiger charge is 2.23. The third kappa shape index (κ3) is 4.61. The molecule has 1 heterocycles. The zero-order valence-corrected chi connectivity index (χ0v) is 13.8. The first-order valence-electron chi connectivity index (χ1n) is 7.40. The highest BCUT2D eigenvalue weighted by Crippen LogP contribution is 2.17. The van der Waals surface area contributed by atoms with Crippen LogP contribution in [-0.4, -0.2) is 42.6 Å². The quantitative estimate of drug-likeness (QED) is 0.929. The van der Waals surface area contributed by atoms with Crippen LogP contribution < -0.4 is 10.1 Å². The van der Waals surface area contributed by atoms with E-state index in [2.05, 4.69) is 19.2 Å². The summed E-state index contributed by atoms with van der Waals surface area (Å²) >= 11 is 0. The molecule has 2 unspecified atom stereocenters. The van der Waals surface area contributed by atoms with Gasteiger partial charge in [0.25, 0.3) is 5.91 Å². The maximum absolute atomic E-state index is 12.5.